The van der Waals surface area contributed by atoms with E-state index in [4.69, 9.17) is 16.7 Å². The van der Waals surface area contributed by atoms with Crippen molar-refractivity contribution < 1.29 is 24.3 Å². The number of carbonyl (C=O) groups excluding carboxylic acids is 4. The molecule has 308 valence electrons. The quantitative estimate of drug-likeness (QED) is 0.126. The van der Waals surface area contributed by atoms with E-state index in [-0.39, 0.29) is 30.4 Å². The number of hydrogen-bond donors (Lipinski definition) is 2. The summed E-state index contributed by atoms with van der Waals surface area (Å²) in [4.78, 5) is 63.3. The lowest BCUT2D eigenvalue weighted by atomic mass is 9.51. The van der Waals surface area contributed by atoms with Crippen molar-refractivity contribution in [1.29, 1.82) is 0 Å². The summed E-state index contributed by atoms with van der Waals surface area (Å²) >= 11 is 7.93. The number of imide groups is 2. The summed E-state index contributed by atoms with van der Waals surface area (Å²) in [5.41, 5.74) is 3.79. The minimum absolute atomic E-state index is 0.00106. The molecule has 2 aliphatic carbocycles. The summed E-state index contributed by atoms with van der Waals surface area (Å²) in [7, 11) is 1.73. The lowest BCUT2D eigenvalue weighted by molar-refractivity contribution is -0.131. The Morgan fingerprint density at radius 2 is 1.55 bits per heavy atom. The van der Waals surface area contributed by atoms with Gasteiger partial charge in [0.2, 0.25) is 23.6 Å². The molecule has 10 nitrogen and oxygen atoms in total. The molecular formula is C50H40ClN5O5S. The molecule has 0 radical (unpaired) electrons. The van der Waals surface area contributed by atoms with E-state index in [1.165, 1.54) is 9.80 Å². The first kappa shape index (κ1) is 38.4. The summed E-state index contributed by atoms with van der Waals surface area (Å²) in [5.74, 6) is -4.71. The van der Waals surface area contributed by atoms with Crippen LogP contribution in [0.2, 0.25) is 5.02 Å². The number of hydrogen-bond acceptors (Lipinski definition) is 8. The number of thiophene rings is 1. The Morgan fingerprint density at radius 1 is 0.806 bits per heavy atom. The average molecular weight is 858 g/mol. The van der Waals surface area contributed by atoms with Crippen molar-refractivity contribution in [1.82, 2.24) is 9.78 Å². The molecule has 0 unspecified atom stereocenters. The minimum atomic E-state index is -1.37. The van der Waals surface area contributed by atoms with Crippen LogP contribution in [0.3, 0.4) is 0 Å². The fourth-order valence-electron chi connectivity index (χ4n) is 11.0. The molecule has 3 fully saturated rings. The maximum Gasteiger partial charge on any atom is 0.242 e. The van der Waals surface area contributed by atoms with Crippen molar-refractivity contribution in [2.45, 2.75) is 32.6 Å². The third-order valence-corrected chi connectivity index (χ3v) is 15.4. The highest BCUT2D eigenvalue weighted by atomic mass is 35.5. The number of carbonyl (C=O) groups is 4. The van der Waals surface area contributed by atoms with Crippen LogP contribution in [0, 0.1) is 36.0 Å². The number of phenolic OH excluding ortho intramolecular Hbond substituents is 1. The van der Waals surface area contributed by atoms with Crippen molar-refractivity contribution in [2.75, 3.05) is 15.1 Å². The van der Waals surface area contributed by atoms with Crippen LogP contribution in [-0.4, -0.2) is 38.5 Å². The largest absolute Gasteiger partial charge is 0.508 e. The van der Waals surface area contributed by atoms with Gasteiger partial charge >= 0.3 is 0 Å². The number of nitrogens with zero attached hydrogens (tertiary/aromatic N) is 4. The Balaban J connectivity index is 1.01. The number of phenols is 1. The Labute approximate surface area is 366 Å². The standard InChI is InChI=1S/C50H40ClN5O5S/c1-26-35-23-28(51)14-22-40(35)62-45(26)38-25-41(54(3)53-38)56-47(59)37-24-36-33(44(50(37,2)49(56)61)43-32-12-8-7-9-27(32)13-21-39(43)57)19-20-34-42(36)48(60)55(46(34)58)31-17-15-30(16-18-31)52-29-10-5-4-6-11-29/h4-19,21-23,25,34,36-37,42,44,52,57H,20,24H2,1-3H3/t34-,36+,37-,42-,44+,50+/m0/s1. The van der Waals surface area contributed by atoms with Crippen molar-refractivity contribution in [3.63, 3.8) is 0 Å². The SMILES string of the molecule is Cc1c(-c2cc(N3C(=O)[C@@H]4C[C@@H]5C(=CC[C@@H]6C(=O)N(c7ccc(Nc8ccccc8)cc7)C(=O)[C@@H]65)[C@H](c5c(O)ccc6ccccc56)[C@]4(C)C3=O)n(C)n2)sc2ccc(Cl)cc12. The third-order valence-electron chi connectivity index (χ3n) is 13.9. The fourth-order valence-corrected chi connectivity index (χ4v) is 12.3. The highest BCUT2D eigenvalue weighted by molar-refractivity contribution is 7.22. The highest BCUT2D eigenvalue weighted by Gasteiger charge is 2.68. The number of aromatic hydroxyl groups is 1. The molecule has 12 heteroatoms. The molecule has 2 N–H and O–H groups in total. The second-order valence-electron chi connectivity index (χ2n) is 17.1. The van der Waals surface area contributed by atoms with Crippen LogP contribution in [-0.2, 0) is 26.2 Å². The number of anilines is 4. The molecule has 4 amide bonds. The lowest BCUT2D eigenvalue weighted by Gasteiger charge is -2.49. The van der Waals surface area contributed by atoms with Gasteiger partial charge in [-0.05, 0) is 115 Å². The molecule has 2 saturated heterocycles. The molecule has 7 aromatic rings. The topological polar surface area (TPSA) is 125 Å². The van der Waals surface area contributed by atoms with Crippen LogP contribution < -0.4 is 15.1 Å². The maximum absolute atomic E-state index is 15.5. The molecule has 11 rings (SSSR count). The van der Waals surface area contributed by atoms with Crippen LogP contribution in [0.15, 0.2) is 127 Å². The molecular weight excluding hydrogens is 818 g/mol. The molecule has 6 atom stereocenters. The van der Waals surface area contributed by atoms with E-state index in [1.54, 1.807) is 47.3 Å². The Morgan fingerprint density at radius 3 is 2.34 bits per heavy atom. The van der Waals surface area contributed by atoms with Gasteiger partial charge in [0.05, 0.1) is 33.7 Å². The number of rotatable bonds is 6. The van der Waals surface area contributed by atoms with Crippen LogP contribution in [0.5, 0.6) is 5.75 Å². The number of allylic oxidation sites excluding steroid dienone is 2. The molecule has 4 aliphatic rings. The normalized spacial score (nSPS) is 24.5. The fraction of sp³-hybridized carbons (Fsp3) is 0.220. The van der Waals surface area contributed by atoms with E-state index in [0.29, 0.717) is 27.8 Å². The van der Waals surface area contributed by atoms with Crippen LogP contribution >= 0.6 is 22.9 Å². The van der Waals surface area contributed by atoms with Gasteiger partial charge in [0.25, 0.3) is 0 Å². The van der Waals surface area contributed by atoms with Gasteiger partial charge in [-0.15, -0.1) is 11.3 Å². The molecule has 62 heavy (non-hydrogen) atoms. The zero-order chi connectivity index (χ0) is 42.8. The van der Waals surface area contributed by atoms with Crippen molar-refractivity contribution in [3.05, 3.63) is 143 Å². The second kappa shape index (κ2) is 14.0. The van der Waals surface area contributed by atoms with Crippen LogP contribution in [0.25, 0.3) is 31.4 Å². The van der Waals surface area contributed by atoms with Gasteiger partial charge in [0, 0.05) is 45.7 Å². The molecule has 2 aliphatic heterocycles. The summed E-state index contributed by atoms with van der Waals surface area (Å²) in [6.07, 6.45) is 2.48. The second-order valence-corrected chi connectivity index (χ2v) is 18.6. The molecule has 1 saturated carbocycles. The minimum Gasteiger partial charge on any atom is -0.508 e. The number of fused-ring (bicyclic) bond motifs is 6. The van der Waals surface area contributed by atoms with Gasteiger partial charge in [-0.3, -0.25) is 28.8 Å². The number of nitrogens with one attached hydrogen (secondary N) is 1. The Bertz CT molecular complexity index is 3100. The smallest absolute Gasteiger partial charge is 0.242 e. The summed E-state index contributed by atoms with van der Waals surface area (Å²) in [6, 6.07) is 35.7. The highest BCUT2D eigenvalue weighted by Crippen LogP contribution is 2.65. The number of benzene rings is 5. The maximum atomic E-state index is 15.5. The summed E-state index contributed by atoms with van der Waals surface area (Å²) in [5, 5.41) is 23.4. The monoisotopic (exact) mass is 857 g/mol. The van der Waals surface area contributed by atoms with Gasteiger partial charge in [0.1, 0.15) is 17.3 Å². The first-order valence-corrected chi connectivity index (χ1v) is 22.0. The van der Waals surface area contributed by atoms with E-state index >= 15 is 9.59 Å². The molecule has 2 aromatic heterocycles. The summed E-state index contributed by atoms with van der Waals surface area (Å²) < 4.78 is 2.62. The molecule has 0 bridgehead atoms. The number of para-hydroxylation sites is 1. The molecule has 4 heterocycles. The molecule has 5 aromatic carbocycles. The van der Waals surface area contributed by atoms with Gasteiger partial charge in [-0.1, -0.05) is 71.8 Å². The molecule has 0 spiro atoms. The van der Waals surface area contributed by atoms with E-state index in [2.05, 4.69) is 5.32 Å². The first-order valence-electron chi connectivity index (χ1n) is 20.8. The van der Waals surface area contributed by atoms with Crippen molar-refractivity contribution >= 4 is 90.3 Å². The Kier molecular flexibility index (Phi) is 8.65. The lowest BCUT2D eigenvalue weighted by Crippen LogP contribution is -2.49. The van der Waals surface area contributed by atoms with Gasteiger partial charge in [0.15, 0.2) is 0 Å². The van der Waals surface area contributed by atoms with E-state index in [9.17, 15) is 14.7 Å². The predicted octanol–water partition coefficient (Wildman–Crippen LogP) is 10.3. The number of aromatic nitrogens is 2. The van der Waals surface area contributed by atoms with Crippen molar-refractivity contribution in [2.24, 2.45) is 36.1 Å². The van der Waals surface area contributed by atoms with Gasteiger partial charge in [-0.25, -0.2) is 4.90 Å². The van der Waals surface area contributed by atoms with Crippen LogP contribution in [0.1, 0.15) is 36.8 Å². The van der Waals surface area contributed by atoms with Crippen LogP contribution in [0.4, 0.5) is 22.9 Å². The summed E-state index contributed by atoms with van der Waals surface area (Å²) in [6.45, 7) is 3.85. The van der Waals surface area contributed by atoms with Gasteiger partial charge < -0.3 is 10.4 Å². The first-order chi connectivity index (χ1) is 29.9. The predicted molar refractivity (Wildman–Crippen MR) is 243 cm³/mol. The number of halogens is 1. The van der Waals surface area contributed by atoms with Crippen molar-refractivity contribution in [3.8, 4) is 16.3 Å². The van der Waals surface area contributed by atoms with E-state index in [1.807, 2.05) is 111 Å². The van der Waals surface area contributed by atoms with E-state index < -0.39 is 46.8 Å². The average Bonchev–Trinajstić information content (AvgIpc) is 3.95. The van der Waals surface area contributed by atoms with E-state index in [0.717, 1.165) is 48.2 Å². The Hall–Kier alpha value is -6.56. The third kappa shape index (κ3) is 5.50. The zero-order valence-electron chi connectivity index (χ0n) is 34.0. The number of amides is 4. The zero-order valence-corrected chi connectivity index (χ0v) is 35.6. The number of aryl methyl sites for hydroxylation is 2. The van der Waals surface area contributed by atoms with Gasteiger partial charge in [-0.2, -0.15) is 5.10 Å².